The lowest BCUT2D eigenvalue weighted by Gasteiger charge is -2.08. The zero-order valence-electron chi connectivity index (χ0n) is 8.46. The summed E-state index contributed by atoms with van der Waals surface area (Å²) in [5.74, 6) is -1.64. The molecule has 0 spiro atoms. The highest BCUT2D eigenvalue weighted by molar-refractivity contribution is 5.77. The monoisotopic (exact) mass is 204 g/mol. The molecule has 0 rings (SSSR count). The Labute approximate surface area is 82.8 Å². The number of carboxylic acids is 1. The Bertz CT molecular complexity index is 194. The molecule has 6 nitrogen and oxygen atoms in total. The molecule has 0 saturated carbocycles. The van der Waals surface area contributed by atoms with Gasteiger partial charge in [-0.3, -0.25) is 4.79 Å². The highest BCUT2D eigenvalue weighted by Gasteiger charge is 2.01. The Morgan fingerprint density at radius 3 is 2.50 bits per heavy atom. The van der Waals surface area contributed by atoms with Gasteiger partial charge in [0, 0.05) is 0 Å². The fourth-order valence-electron chi connectivity index (χ4n) is 0.730. The van der Waals surface area contributed by atoms with E-state index in [1.807, 2.05) is 14.1 Å². The summed E-state index contributed by atoms with van der Waals surface area (Å²) in [5, 5.41) is 12.5. The van der Waals surface area contributed by atoms with E-state index in [2.05, 4.69) is 10.1 Å². The fourth-order valence-corrected chi connectivity index (χ4v) is 0.730. The van der Waals surface area contributed by atoms with Gasteiger partial charge in [0.05, 0.1) is 39.8 Å². The Morgan fingerprint density at radius 2 is 2.00 bits per heavy atom. The second-order valence-electron chi connectivity index (χ2n) is 3.17. The largest absolute Gasteiger partial charge is 0.548 e. The van der Waals surface area contributed by atoms with Gasteiger partial charge in [-0.25, -0.2) is 0 Å². The second kappa shape index (κ2) is 7.28. The predicted molar refractivity (Wildman–Crippen MR) is 46.5 cm³/mol. The molecule has 0 aliphatic carbocycles. The normalized spacial score (nSPS) is 10.2. The molecule has 82 valence electrons. The van der Waals surface area contributed by atoms with E-state index in [9.17, 15) is 14.7 Å². The van der Waals surface area contributed by atoms with Crippen molar-refractivity contribution in [2.45, 2.75) is 0 Å². The summed E-state index contributed by atoms with van der Waals surface area (Å²) < 4.78 is 4.53. The third kappa shape index (κ3) is 8.95. The Balaban J connectivity index is 3.33. The van der Waals surface area contributed by atoms with Crippen LogP contribution in [0.15, 0.2) is 0 Å². The number of ether oxygens (including phenoxy) is 1. The van der Waals surface area contributed by atoms with Gasteiger partial charge in [-0.1, -0.05) is 0 Å². The molecular formula is C8H16N2O4. The summed E-state index contributed by atoms with van der Waals surface area (Å²) in [7, 11) is 3.94. The van der Waals surface area contributed by atoms with Crippen molar-refractivity contribution in [3.63, 3.8) is 0 Å². The summed E-state index contributed by atoms with van der Waals surface area (Å²) in [6.45, 7) is 0.575. The van der Waals surface area contributed by atoms with Gasteiger partial charge in [-0.15, -0.1) is 0 Å². The molecule has 6 heteroatoms. The number of quaternary nitrogens is 1. The number of amides is 1. The number of hydrogen-bond donors (Lipinski definition) is 2. The number of carbonyl (C=O) groups is 2. The number of rotatable bonds is 7. The summed E-state index contributed by atoms with van der Waals surface area (Å²) in [6.07, 6.45) is 0. The minimum absolute atomic E-state index is 0.239. The van der Waals surface area contributed by atoms with E-state index < -0.39 is 12.6 Å². The molecule has 0 saturated heterocycles. The van der Waals surface area contributed by atoms with Crippen LogP contribution in [0.1, 0.15) is 0 Å². The van der Waals surface area contributed by atoms with Crippen molar-refractivity contribution in [2.24, 2.45) is 0 Å². The van der Waals surface area contributed by atoms with Crippen molar-refractivity contribution in [3.8, 4) is 0 Å². The third-order valence-corrected chi connectivity index (χ3v) is 1.40. The van der Waals surface area contributed by atoms with Crippen LogP contribution in [-0.2, 0) is 14.3 Å². The molecule has 0 aromatic heterocycles. The minimum atomic E-state index is -1.32. The summed E-state index contributed by atoms with van der Waals surface area (Å²) >= 11 is 0. The highest BCUT2D eigenvalue weighted by Crippen LogP contribution is 1.73. The number of nitrogens with one attached hydrogen (secondary N) is 2. The van der Waals surface area contributed by atoms with Gasteiger partial charge in [0.25, 0.3) is 0 Å². The molecule has 2 N–H and O–H groups in total. The Morgan fingerprint density at radius 1 is 1.36 bits per heavy atom. The lowest BCUT2D eigenvalue weighted by Crippen LogP contribution is -3.06. The fraction of sp³-hybridized carbons (Fsp3) is 0.750. The van der Waals surface area contributed by atoms with Gasteiger partial charge in [-0.2, -0.15) is 0 Å². The quantitative estimate of drug-likeness (QED) is 0.443. The molecule has 1 amide bonds. The number of carboxylic acid groups (broad SMARTS) is 1. The average Bonchev–Trinajstić information content (AvgIpc) is 2.02. The van der Waals surface area contributed by atoms with Gasteiger partial charge < -0.3 is 24.9 Å². The van der Waals surface area contributed by atoms with Crippen LogP contribution in [0.25, 0.3) is 0 Å². The summed E-state index contributed by atoms with van der Waals surface area (Å²) in [6, 6.07) is 0. The van der Waals surface area contributed by atoms with E-state index in [0.717, 1.165) is 6.54 Å². The lowest BCUT2D eigenvalue weighted by molar-refractivity contribution is -0.856. The van der Waals surface area contributed by atoms with Crippen LogP contribution in [0.4, 0.5) is 0 Å². The molecule has 0 heterocycles. The van der Waals surface area contributed by atoms with Gasteiger partial charge in [-0.05, 0) is 0 Å². The van der Waals surface area contributed by atoms with E-state index in [1.54, 1.807) is 0 Å². The average molecular weight is 204 g/mol. The maximum Gasteiger partial charge on any atom is 0.246 e. The van der Waals surface area contributed by atoms with Gasteiger partial charge >= 0.3 is 0 Å². The van der Waals surface area contributed by atoms with Gasteiger partial charge in [0.15, 0.2) is 0 Å². The van der Waals surface area contributed by atoms with Crippen LogP contribution in [0.2, 0.25) is 0 Å². The smallest absolute Gasteiger partial charge is 0.246 e. The summed E-state index contributed by atoms with van der Waals surface area (Å²) in [5.41, 5.74) is 0. The van der Waals surface area contributed by atoms with Gasteiger partial charge in [0.1, 0.15) is 6.61 Å². The second-order valence-corrected chi connectivity index (χ2v) is 3.17. The molecule has 0 aromatic carbocycles. The number of aliphatic carboxylic acids is 1. The Hall–Kier alpha value is -1.14. The first kappa shape index (κ1) is 12.9. The van der Waals surface area contributed by atoms with Gasteiger partial charge in [0.2, 0.25) is 5.91 Å². The van der Waals surface area contributed by atoms with Crippen LogP contribution in [0.3, 0.4) is 0 Å². The lowest BCUT2D eigenvalue weighted by atomic mass is 10.5. The predicted octanol–water partition coefficient (Wildman–Crippen LogP) is -3.99. The van der Waals surface area contributed by atoms with E-state index in [4.69, 9.17) is 0 Å². The third-order valence-electron chi connectivity index (χ3n) is 1.40. The van der Waals surface area contributed by atoms with Crippen LogP contribution < -0.4 is 15.3 Å². The first-order chi connectivity index (χ1) is 6.52. The number of likely N-dealkylation sites (N-methyl/N-ethyl adjacent to an activating group) is 1. The molecule has 0 bridgehead atoms. The zero-order valence-corrected chi connectivity index (χ0v) is 8.46. The zero-order chi connectivity index (χ0) is 11.0. The van der Waals surface area contributed by atoms with Crippen molar-refractivity contribution in [1.29, 1.82) is 0 Å². The van der Waals surface area contributed by atoms with Crippen LogP contribution in [0.5, 0.6) is 0 Å². The molecule has 0 radical (unpaired) electrons. The maximum absolute atomic E-state index is 10.9. The molecule has 0 aromatic rings. The van der Waals surface area contributed by atoms with Crippen molar-refractivity contribution in [1.82, 2.24) is 5.32 Å². The maximum atomic E-state index is 10.9. The molecule has 0 aliphatic rings. The SMILES string of the molecule is C[NH+](C)CCNC(=O)COCC(=O)[O-]. The van der Waals surface area contributed by atoms with Crippen molar-refractivity contribution >= 4 is 11.9 Å². The molecule has 0 atom stereocenters. The van der Waals surface area contributed by atoms with Crippen molar-refractivity contribution in [2.75, 3.05) is 40.4 Å². The summed E-state index contributed by atoms with van der Waals surface area (Å²) in [4.78, 5) is 22.1. The van der Waals surface area contributed by atoms with Crippen LogP contribution in [0, 0.1) is 0 Å². The molecule has 0 fully saturated rings. The molecule has 14 heavy (non-hydrogen) atoms. The van der Waals surface area contributed by atoms with E-state index in [-0.39, 0.29) is 12.5 Å². The number of carbonyl (C=O) groups excluding carboxylic acids is 2. The highest BCUT2D eigenvalue weighted by atomic mass is 16.5. The van der Waals surface area contributed by atoms with Crippen molar-refractivity contribution < 1.29 is 24.3 Å². The number of hydrogen-bond acceptors (Lipinski definition) is 4. The molecule has 0 unspecified atom stereocenters. The van der Waals surface area contributed by atoms with Crippen LogP contribution >= 0.6 is 0 Å². The van der Waals surface area contributed by atoms with Crippen LogP contribution in [-0.4, -0.2) is 52.3 Å². The first-order valence-corrected chi connectivity index (χ1v) is 4.35. The van der Waals surface area contributed by atoms with E-state index in [0.29, 0.717) is 6.54 Å². The Kier molecular flexibility index (Phi) is 6.69. The van der Waals surface area contributed by atoms with Crippen molar-refractivity contribution in [3.05, 3.63) is 0 Å². The standard InChI is InChI=1S/C8H16N2O4/c1-10(2)4-3-9-7(11)5-14-6-8(12)13/h3-6H2,1-2H3,(H,9,11)(H,12,13). The molecule has 0 aliphatic heterocycles. The first-order valence-electron chi connectivity index (χ1n) is 4.35. The van der Waals surface area contributed by atoms with E-state index >= 15 is 0 Å². The minimum Gasteiger partial charge on any atom is -0.548 e. The topological polar surface area (TPSA) is 82.9 Å². The van der Waals surface area contributed by atoms with E-state index in [1.165, 1.54) is 4.90 Å². The molecular weight excluding hydrogens is 188 g/mol.